The molecule has 4 heteroatoms. The molecule has 1 atom stereocenters. The van der Waals surface area contributed by atoms with Gasteiger partial charge >= 0.3 is 0 Å². The zero-order chi connectivity index (χ0) is 13.7. The van der Waals surface area contributed by atoms with Crippen molar-refractivity contribution in [3.8, 4) is 0 Å². The summed E-state index contributed by atoms with van der Waals surface area (Å²) in [5.41, 5.74) is 1.17. The molecule has 0 spiro atoms. The van der Waals surface area contributed by atoms with Crippen molar-refractivity contribution >= 4 is 34.2 Å². The smallest absolute Gasteiger partial charge is 0.113 e. The molecule has 1 aromatic carbocycles. The maximum Gasteiger partial charge on any atom is 0.113 e. The van der Waals surface area contributed by atoms with E-state index in [9.17, 15) is 0 Å². The molecular weight excluding hydrogens is 373 g/mol. The lowest BCUT2D eigenvalue weighted by molar-refractivity contribution is 0.167. The van der Waals surface area contributed by atoms with E-state index in [4.69, 9.17) is 16.3 Å². The molecule has 0 amide bonds. The van der Waals surface area contributed by atoms with E-state index in [1.807, 2.05) is 6.07 Å². The lowest BCUT2D eigenvalue weighted by Crippen LogP contribution is -2.26. The molecule has 0 saturated carbocycles. The predicted octanol–water partition coefficient (Wildman–Crippen LogP) is 4.68. The van der Waals surface area contributed by atoms with Gasteiger partial charge < -0.3 is 10.1 Å². The summed E-state index contributed by atoms with van der Waals surface area (Å²) >= 11 is 8.48. The molecule has 1 aromatic rings. The van der Waals surface area contributed by atoms with Gasteiger partial charge in [0.15, 0.2) is 0 Å². The second kappa shape index (κ2) is 7.50. The third kappa shape index (κ3) is 4.10. The van der Waals surface area contributed by atoms with Gasteiger partial charge in [-0.05, 0) is 72.2 Å². The van der Waals surface area contributed by atoms with Crippen molar-refractivity contribution in [2.24, 2.45) is 0 Å². The van der Waals surface area contributed by atoms with E-state index in [0.717, 1.165) is 46.8 Å². The van der Waals surface area contributed by atoms with Gasteiger partial charge in [-0.15, -0.1) is 0 Å². The first-order chi connectivity index (χ1) is 9.22. The van der Waals surface area contributed by atoms with Crippen LogP contribution >= 0.6 is 34.2 Å². The van der Waals surface area contributed by atoms with Crippen molar-refractivity contribution in [2.45, 2.75) is 32.2 Å². The van der Waals surface area contributed by atoms with Crippen LogP contribution in [0.2, 0.25) is 5.02 Å². The molecule has 1 unspecified atom stereocenters. The fourth-order valence-electron chi connectivity index (χ4n) is 2.14. The summed E-state index contributed by atoms with van der Waals surface area (Å²) in [6.07, 6.45) is 5.50. The van der Waals surface area contributed by atoms with Gasteiger partial charge in [0.1, 0.15) is 5.76 Å². The quantitative estimate of drug-likeness (QED) is 0.736. The van der Waals surface area contributed by atoms with Gasteiger partial charge in [-0.1, -0.05) is 24.6 Å². The normalized spacial score (nSPS) is 16.7. The predicted molar refractivity (Wildman–Crippen MR) is 88.5 cm³/mol. The third-order valence-corrected chi connectivity index (χ3v) is 4.69. The van der Waals surface area contributed by atoms with Crippen molar-refractivity contribution in [3.63, 3.8) is 0 Å². The fourth-order valence-corrected chi connectivity index (χ4v) is 2.67. The second-order valence-corrected chi connectivity index (χ2v) is 6.23. The highest BCUT2D eigenvalue weighted by molar-refractivity contribution is 14.1. The average molecular weight is 392 g/mol. The van der Waals surface area contributed by atoms with E-state index in [1.165, 1.54) is 5.56 Å². The highest BCUT2D eigenvalue weighted by Gasteiger charge is 2.19. The Balaban J connectivity index is 2.25. The first-order valence-electron chi connectivity index (χ1n) is 6.73. The van der Waals surface area contributed by atoms with Gasteiger partial charge in [-0.3, -0.25) is 0 Å². The largest absolute Gasteiger partial charge is 0.496 e. The number of nitrogens with one attached hydrogen (secondary N) is 1. The van der Waals surface area contributed by atoms with E-state index in [2.05, 4.69) is 53.0 Å². The Bertz CT molecular complexity index is 461. The Labute approximate surface area is 133 Å². The number of benzene rings is 1. The lowest BCUT2D eigenvalue weighted by Gasteiger charge is -2.25. The lowest BCUT2D eigenvalue weighted by atomic mass is 10.0. The zero-order valence-electron chi connectivity index (χ0n) is 11.1. The number of halogens is 2. The van der Waals surface area contributed by atoms with E-state index in [1.54, 1.807) is 0 Å². The SMILES string of the molecule is CCCNC(C1=CCCCO1)c1ccc(I)c(Cl)c1. The van der Waals surface area contributed by atoms with E-state index in [-0.39, 0.29) is 6.04 Å². The van der Waals surface area contributed by atoms with Crippen LogP contribution in [0.5, 0.6) is 0 Å². The van der Waals surface area contributed by atoms with Crippen LogP contribution in [0.1, 0.15) is 37.8 Å². The summed E-state index contributed by atoms with van der Waals surface area (Å²) in [5, 5.41) is 4.35. The summed E-state index contributed by atoms with van der Waals surface area (Å²) in [4.78, 5) is 0. The minimum atomic E-state index is 0.120. The van der Waals surface area contributed by atoms with Crippen molar-refractivity contribution in [2.75, 3.05) is 13.2 Å². The molecule has 1 aliphatic rings. The van der Waals surface area contributed by atoms with Crippen molar-refractivity contribution < 1.29 is 4.74 Å². The topological polar surface area (TPSA) is 21.3 Å². The van der Waals surface area contributed by atoms with Crippen molar-refractivity contribution in [1.82, 2.24) is 5.32 Å². The van der Waals surface area contributed by atoms with Gasteiger partial charge in [0.25, 0.3) is 0 Å². The van der Waals surface area contributed by atoms with E-state index in [0.29, 0.717) is 0 Å². The molecule has 1 N–H and O–H groups in total. The van der Waals surface area contributed by atoms with Crippen LogP contribution in [0.15, 0.2) is 30.0 Å². The Morgan fingerprint density at radius 2 is 2.32 bits per heavy atom. The van der Waals surface area contributed by atoms with Gasteiger partial charge in [0.05, 0.1) is 17.7 Å². The van der Waals surface area contributed by atoms with Gasteiger partial charge in [-0.25, -0.2) is 0 Å². The number of rotatable bonds is 5. The average Bonchev–Trinajstić information content (AvgIpc) is 2.44. The first-order valence-corrected chi connectivity index (χ1v) is 8.19. The molecule has 0 saturated heterocycles. The summed E-state index contributed by atoms with van der Waals surface area (Å²) in [6, 6.07) is 6.34. The molecule has 2 nitrogen and oxygen atoms in total. The van der Waals surface area contributed by atoms with Crippen LogP contribution in [-0.2, 0) is 4.74 Å². The minimum absolute atomic E-state index is 0.120. The van der Waals surface area contributed by atoms with E-state index >= 15 is 0 Å². The van der Waals surface area contributed by atoms with Crippen LogP contribution in [0.4, 0.5) is 0 Å². The first kappa shape index (κ1) is 15.1. The molecule has 0 fully saturated rings. The van der Waals surface area contributed by atoms with E-state index < -0.39 is 0 Å². The molecule has 2 rings (SSSR count). The minimum Gasteiger partial charge on any atom is -0.496 e. The molecule has 19 heavy (non-hydrogen) atoms. The van der Waals surface area contributed by atoms with Gasteiger partial charge in [0, 0.05) is 3.57 Å². The Kier molecular flexibility index (Phi) is 5.98. The highest BCUT2D eigenvalue weighted by Crippen LogP contribution is 2.29. The molecule has 0 bridgehead atoms. The van der Waals surface area contributed by atoms with Crippen LogP contribution in [0, 0.1) is 3.57 Å². The fraction of sp³-hybridized carbons (Fsp3) is 0.467. The maximum atomic E-state index is 6.24. The molecule has 1 heterocycles. The molecule has 0 aromatic heterocycles. The number of allylic oxidation sites excluding steroid dienone is 1. The third-order valence-electron chi connectivity index (χ3n) is 3.12. The summed E-state index contributed by atoms with van der Waals surface area (Å²) in [7, 11) is 0. The molecule has 0 radical (unpaired) electrons. The molecule has 1 aliphatic heterocycles. The molecule has 0 aliphatic carbocycles. The Morgan fingerprint density at radius 1 is 1.47 bits per heavy atom. The monoisotopic (exact) mass is 391 g/mol. The number of ether oxygens (including phenoxy) is 1. The van der Waals surface area contributed by atoms with Gasteiger partial charge in [-0.2, -0.15) is 0 Å². The summed E-state index contributed by atoms with van der Waals surface area (Å²) in [5.74, 6) is 1.04. The van der Waals surface area contributed by atoms with Crippen molar-refractivity contribution in [3.05, 3.63) is 44.2 Å². The standard InChI is InChI=1S/C15H19ClINO/c1-2-8-18-15(14-5-3-4-9-19-14)11-6-7-13(17)12(16)10-11/h5-7,10,15,18H,2-4,8-9H2,1H3. The number of hydrogen-bond donors (Lipinski definition) is 1. The molecule has 104 valence electrons. The molecular formula is C15H19ClINO. The van der Waals surface area contributed by atoms with Crippen LogP contribution < -0.4 is 5.32 Å². The Morgan fingerprint density at radius 3 is 2.95 bits per heavy atom. The highest BCUT2D eigenvalue weighted by atomic mass is 127. The van der Waals surface area contributed by atoms with Crippen LogP contribution in [-0.4, -0.2) is 13.2 Å². The second-order valence-electron chi connectivity index (χ2n) is 4.66. The summed E-state index contributed by atoms with van der Waals surface area (Å²) < 4.78 is 6.89. The van der Waals surface area contributed by atoms with Crippen molar-refractivity contribution in [1.29, 1.82) is 0 Å². The van der Waals surface area contributed by atoms with Crippen LogP contribution in [0.3, 0.4) is 0 Å². The zero-order valence-corrected chi connectivity index (χ0v) is 14.0. The maximum absolute atomic E-state index is 6.24. The summed E-state index contributed by atoms with van der Waals surface area (Å²) in [6.45, 7) is 3.95. The van der Waals surface area contributed by atoms with Gasteiger partial charge in [0.2, 0.25) is 0 Å². The number of hydrogen-bond acceptors (Lipinski definition) is 2. The van der Waals surface area contributed by atoms with Crippen LogP contribution in [0.25, 0.3) is 0 Å². The Hall–Kier alpha value is -0.260.